The maximum absolute atomic E-state index is 12.8. The molecule has 1 amide bonds. The van der Waals surface area contributed by atoms with Crippen LogP contribution in [0.1, 0.15) is 38.7 Å². The third-order valence-corrected chi connectivity index (χ3v) is 5.99. The number of nitrogens with zero attached hydrogens (tertiary/aromatic N) is 1. The minimum atomic E-state index is -0.503. The highest BCUT2D eigenvalue weighted by atomic mass is 16.5. The summed E-state index contributed by atoms with van der Waals surface area (Å²) in [5.41, 5.74) is 0.563. The van der Waals surface area contributed by atoms with Gasteiger partial charge in [-0.2, -0.15) is 0 Å². The van der Waals surface area contributed by atoms with Gasteiger partial charge in [-0.3, -0.25) is 9.69 Å². The van der Waals surface area contributed by atoms with Crippen LogP contribution in [0.4, 0.5) is 0 Å². The van der Waals surface area contributed by atoms with Crippen molar-refractivity contribution < 1.29 is 9.53 Å². The van der Waals surface area contributed by atoms with E-state index in [4.69, 9.17) is 4.74 Å². The van der Waals surface area contributed by atoms with E-state index < -0.39 is 5.41 Å². The van der Waals surface area contributed by atoms with Crippen LogP contribution in [0.2, 0.25) is 0 Å². The van der Waals surface area contributed by atoms with Gasteiger partial charge in [-0.25, -0.2) is 0 Å². The second-order valence-corrected chi connectivity index (χ2v) is 8.21. The largest absolute Gasteiger partial charge is 0.375 e. The molecule has 1 saturated carbocycles. The maximum atomic E-state index is 12.8. The van der Waals surface area contributed by atoms with E-state index in [-0.39, 0.29) is 11.9 Å². The van der Waals surface area contributed by atoms with Crippen LogP contribution in [0.25, 0.3) is 0 Å². The van der Waals surface area contributed by atoms with Crippen molar-refractivity contribution >= 4 is 5.91 Å². The Morgan fingerprint density at radius 2 is 1.96 bits per heavy atom. The lowest BCUT2D eigenvalue weighted by molar-refractivity contribution is -0.126. The second kappa shape index (κ2) is 6.16. The summed E-state index contributed by atoms with van der Waals surface area (Å²) in [5, 5.41) is 3.30. The van der Waals surface area contributed by atoms with E-state index >= 15 is 0 Å². The number of hydrogen-bond acceptors (Lipinski definition) is 3. The van der Waals surface area contributed by atoms with Gasteiger partial charge in [-0.1, -0.05) is 30.3 Å². The van der Waals surface area contributed by atoms with Gasteiger partial charge in [0.15, 0.2) is 0 Å². The van der Waals surface area contributed by atoms with Gasteiger partial charge in [0.1, 0.15) is 0 Å². The van der Waals surface area contributed by atoms with E-state index in [2.05, 4.69) is 10.2 Å². The number of nitrogens with one attached hydrogen (secondary N) is 1. The third-order valence-electron chi connectivity index (χ3n) is 5.99. The number of hydrogen-bond donors (Lipinski definition) is 1. The smallest absolute Gasteiger partial charge is 0.230 e. The van der Waals surface area contributed by atoms with Crippen molar-refractivity contribution in [2.24, 2.45) is 5.92 Å². The molecule has 0 spiro atoms. The molecule has 2 saturated heterocycles. The molecule has 1 N–H and O–H groups in total. The fourth-order valence-electron chi connectivity index (χ4n) is 4.11. The number of fused-ring (bicyclic) bond motifs is 1. The third kappa shape index (κ3) is 3.09. The van der Waals surface area contributed by atoms with Gasteiger partial charge in [-0.15, -0.1) is 0 Å². The molecule has 0 bridgehead atoms. The summed E-state index contributed by atoms with van der Waals surface area (Å²) in [7, 11) is 0. The van der Waals surface area contributed by atoms with Crippen molar-refractivity contribution in [1.29, 1.82) is 0 Å². The molecule has 1 aromatic carbocycles. The van der Waals surface area contributed by atoms with Crippen molar-refractivity contribution in [2.45, 2.75) is 56.7 Å². The van der Waals surface area contributed by atoms with Crippen molar-refractivity contribution in [3.8, 4) is 0 Å². The Morgan fingerprint density at radius 1 is 1.21 bits per heavy atom. The van der Waals surface area contributed by atoms with Crippen molar-refractivity contribution in [3.05, 3.63) is 35.9 Å². The summed E-state index contributed by atoms with van der Waals surface area (Å²) in [6.07, 6.45) is 4.09. The molecular formula is C20H28N2O2. The molecule has 4 nitrogen and oxygen atoms in total. The number of rotatable bonds is 4. The first-order valence-electron chi connectivity index (χ1n) is 9.26. The lowest BCUT2D eigenvalue weighted by Gasteiger charge is -2.35. The van der Waals surface area contributed by atoms with Crippen LogP contribution in [-0.4, -0.2) is 48.7 Å². The minimum Gasteiger partial charge on any atom is -0.375 e. The number of amides is 1. The average molecular weight is 328 g/mol. The zero-order valence-electron chi connectivity index (χ0n) is 14.7. The Balaban J connectivity index is 1.37. The van der Waals surface area contributed by atoms with Crippen LogP contribution in [0.15, 0.2) is 30.3 Å². The van der Waals surface area contributed by atoms with Gasteiger partial charge in [0.05, 0.1) is 18.1 Å². The van der Waals surface area contributed by atoms with Crippen molar-refractivity contribution in [2.75, 3.05) is 19.7 Å². The molecule has 24 heavy (non-hydrogen) atoms. The Kier molecular flexibility index (Phi) is 4.13. The Morgan fingerprint density at radius 3 is 2.67 bits per heavy atom. The molecule has 4 rings (SSSR count). The number of morpholine rings is 1. The van der Waals surface area contributed by atoms with E-state index in [1.54, 1.807) is 0 Å². The summed E-state index contributed by atoms with van der Waals surface area (Å²) >= 11 is 0. The number of carbonyl (C=O) groups excluding carboxylic acids is 1. The highest BCUT2D eigenvalue weighted by Crippen LogP contribution is 2.38. The highest BCUT2D eigenvalue weighted by molar-refractivity contribution is 5.87. The first-order chi connectivity index (χ1) is 11.5. The molecule has 2 aliphatic heterocycles. The zero-order valence-corrected chi connectivity index (χ0v) is 14.7. The van der Waals surface area contributed by atoms with Gasteiger partial charge in [0, 0.05) is 25.2 Å². The van der Waals surface area contributed by atoms with Gasteiger partial charge in [0.2, 0.25) is 5.91 Å². The zero-order chi connectivity index (χ0) is 16.7. The van der Waals surface area contributed by atoms with E-state index in [0.29, 0.717) is 12.1 Å². The fraction of sp³-hybridized carbons (Fsp3) is 0.650. The predicted molar refractivity (Wildman–Crippen MR) is 93.8 cm³/mol. The summed E-state index contributed by atoms with van der Waals surface area (Å²) in [6.45, 7) is 6.85. The Labute approximate surface area is 144 Å². The Hall–Kier alpha value is -1.39. The van der Waals surface area contributed by atoms with E-state index in [1.165, 1.54) is 12.8 Å². The molecule has 2 heterocycles. The van der Waals surface area contributed by atoms with Gasteiger partial charge in [-0.05, 0) is 44.6 Å². The lowest BCUT2D eigenvalue weighted by atomic mass is 9.83. The SMILES string of the molecule is CC(C)(C(=O)N[C@@H]1C[C@H]2CO[C@H](C3CC3)CN2C1)c1ccccc1. The van der Waals surface area contributed by atoms with Crippen LogP contribution < -0.4 is 5.32 Å². The molecule has 3 aliphatic rings. The van der Waals surface area contributed by atoms with Gasteiger partial charge < -0.3 is 10.1 Å². The van der Waals surface area contributed by atoms with E-state index in [0.717, 1.165) is 37.6 Å². The molecular weight excluding hydrogens is 300 g/mol. The molecule has 4 heteroatoms. The molecule has 3 fully saturated rings. The monoisotopic (exact) mass is 328 g/mol. The second-order valence-electron chi connectivity index (χ2n) is 8.21. The molecule has 3 atom stereocenters. The normalized spacial score (nSPS) is 30.8. The van der Waals surface area contributed by atoms with Gasteiger partial charge in [0.25, 0.3) is 0 Å². The van der Waals surface area contributed by atoms with E-state index in [9.17, 15) is 4.79 Å². The minimum absolute atomic E-state index is 0.123. The van der Waals surface area contributed by atoms with Crippen LogP contribution in [0, 0.1) is 5.92 Å². The van der Waals surface area contributed by atoms with Crippen LogP contribution in [0.3, 0.4) is 0 Å². The fourth-order valence-corrected chi connectivity index (χ4v) is 4.11. The topological polar surface area (TPSA) is 41.6 Å². The molecule has 0 aromatic heterocycles. The van der Waals surface area contributed by atoms with Gasteiger partial charge >= 0.3 is 0 Å². The molecule has 130 valence electrons. The quantitative estimate of drug-likeness (QED) is 0.922. The summed E-state index contributed by atoms with van der Waals surface area (Å²) in [4.78, 5) is 15.4. The summed E-state index contributed by atoms with van der Waals surface area (Å²) < 4.78 is 6.05. The molecule has 0 unspecified atom stereocenters. The van der Waals surface area contributed by atoms with E-state index in [1.807, 2.05) is 44.2 Å². The Bertz CT molecular complexity index is 597. The molecule has 1 aliphatic carbocycles. The van der Waals surface area contributed by atoms with Crippen molar-refractivity contribution in [3.63, 3.8) is 0 Å². The van der Waals surface area contributed by atoms with Crippen LogP contribution >= 0.6 is 0 Å². The van der Waals surface area contributed by atoms with Crippen LogP contribution in [0.5, 0.6) is 0 Å². The van der Waals surface area contributed by atoms with Crippen molar-refractivity contribution in [1.82, 2.24) is 10.2 Å². The molecule has 1 aromatic rings. The first kappa shape index (κ1) is 16.1. The van der Waals surface area contributed by atoms with Crippen LogP contribution in [-0.2, 0) is 14.9 Å². The predicted octanol–water partition coefficient (Wildman–Crippen LogP) is 2.33. The summed E-state index contributed by atoms with van der Waals surface area (Å²) in [5.74, 6) is 0.912. The first-order valence-corrected chi connectivity index (χ1v) is 9.26. The maximum Gasteiger partial charge on any atom is 0.230 e. The number of carbonyl (C=O) groups is 1. The number of ether oxygens (including phenoxy) is 1. The molecule has 0 radical (unpaired) electrons. The average Bonchev–Trinajstić information content (AvgIpc) is 3.35. The standard InChI is InChI=1S/C20H28N2O2/c1-20(2,15-6-4-3-5-7-15)19(23)21-16-10-17-13-24-18(14-8-9-14)12-22(17)11-16/h3-7,14,16-18H,8-13H2,1-2H3,(H,21,23)/t16-,17+,18+/m1/s1. The lowest BCUT2D eigenvalue weighted by Crippen LogP contribution is -2.48. The number of benzene rings is 1. The summed E-state index contributed by atoms with van der Waals surface area (Å²) in [6, 6.07) is 10.8. The highest BCUT2D eigenvalue weighted by Gasteiger charge is 2.43.